The fourth-order valence-corrected chi connectivity index (χ4v) is 2.44. The van der Waals surface area contributed by atoms with Gasteiger partial charge in [-0.05, 0) is 0 Å². The summed E-state index contributed by atoms with van der Waals surface area (Å²) < 4.78 is 37.5. The Morgan fingerprint density at radius 2 is 1.88 bits per heavy atom. The van der Waals surface area contributed by atoms with Crippen molar-refractivity contribution in [2.45, 2.75) is 6.18 Å². The zero-order valence-electron chi connectivity index (χ0n) is 8.87. The third-order valence-corrected chi connectivity index (χ3v) is 3.26. The molecule has 0 bridgehead atoms. The molecule has 1 saturated heterocycles. The van der Waals surface area contributed by atoms with Crippen LogP contribution in [-0.4, -0.2) is 34.6 Å². The van der Waals surface area contributed by atoms with E-state index in [1.54, 1.807) is 16.7 Å². The third kappa shape index (κ3) is 2.93. The van der Waals surface area contributed by atoms with Gasteiger partial charge in [-0.25, -0.2) is 9.97 Å². The number of aromatic nitrogens is 2. The Hall–Kier alpha value is -1.18. The monoisotopic (exact) mass is 264 g/mol. The van der Waals surface area contributed by atoms with E-state index in [0.717, 1.165) is 11.5 Å². The lowest BCUT2D eigenvalue weighted by Crippen LogP contribution is -2.33. The Labute approximate surface area is 100 Å². The predicted octanol–water partition coefficient (Wildman–Crippen LogP) is 1.63. The van der Waals surface area contributed by atoms with Crippen LogP contribution in [0.4, 0.5) is 24.8 Å². The Morgan fingerprint density at radius 3 is 2.47 bits per heavy atom. The van der Waals surface area contributed by atoms with Crippen LogP contribution < -0.4 is 10.6 Å². The first-order valence-corrected chi connectivity index (χ1v) is 6.17. The van der Waals surface area contributed by atoms with E-state index >= 15 is 0 Å². The average Bonchev–Trinajstić information content (AvgIpc) is 2.28. The lowest BCUT2D eigenvalue weighted by molar-refractivity contribution is -0.144. The molecule has 2 heterocycles. The summed E-state index contributed by atoms with van der Waals surface area (Å²) in [5, 5.41) is 0. The normalized spacial score (nSPS) is 17.2. The highest BCUT2D eigenvalue weighted by molar-refractivity contribution is 7.99. The Bertz CT molecular complexity index is 404. The van der Waals surface area contributed by atoms with Crippen molar-refractivity contribution in [2.75, 3.05) is 35.2 Å². The summed E-state index contributed by atoms with van der Waals surface area (Å²) in [6.07, 6.45) is -4.56. The van der Waals surface area contributed by atoms with E-state index in [0.29, 0.717) is 13.1 Å². The number of nitrogen functional groups attached to an aromatic ring is 1. The van der Waals surface area contributed by atoms with Crippen LogP contribution in [0.2, 0.25) is 0 Å². The van der Waals surface area contributed by atoms with Crippen LogP contribution >= 0.6 is 11.8 Å². The summed E-state index contributed by atoms with van der Waals surface area (Å²) in [5.41, 5.74) is 5.38. The number of hydrogen-bond donors (Lipinski definition) is 1. The van der Waals surface area contributed by atoms with E-state index in [-0.39, 0.29) is 11.6 Å². The number of nitrogens with zero attached hydrogens (tertiary/aromatic N) is 3. The molecule has 1 aliphatic rings. The van der Waals surface area contributed by atoms with Gasteiger partial charge >= 0.3 is 6.18 Å². The summed E-state index contributed by atoms with van der Waals surface area (Å²) in [6.45, 7) is 1.36. The van der Waals surface area contributed by atoms with Gasteiger partial charge in [0.15, 0.2) is 0 Å². The first kappa shape index (κ1) is 12.3. The summed E-state index contributed by atoms with van der Waals surface area (Å²) in [5.74, 6) is 0.688. The quantitative estimate of drug-likeness (QED) is 0.835. The standard InChI is InChI=1S/C9H11F3N4S/c10-9(11,12)8-14-6(13)5-7(15-8)16-1-3-17-4-2-16/h5H,1-4H2,(H2,13,14,15). The molecular formula is C9H11F3N4S. The largest absolute Gasteiger partial charge is 0.451 e. The molecule has 4 nitrogen and oxygen atoms in total. The van der Waals surface area contributed by atoms with Gasteiger partial charge in [0.2, 0.25) is 5.82 Å². The highest BCUT2D eigenvalue weighted by Crippen LogP contribution is 2.29. The van der Waals surface area contributed by atoms with Crippen molar-refractivity contribution in [1.82, 2.24) is 9.97 Å². The van der Waals surface area contributed by atoms with Crippen LogP contribution in [0.5, 0.6) is 0 Å². The molecule has 1 aromatic heterocycles. The fourth-order valence-electron chi connectivity index (χ4n) is 1.53. The predicted molar refractivity (Wildman–Crippen MR) is 61.0 cm³/mol. The van der Waals surface area contributed by atoms with E-state index < -0.39 is 12.0 Å². The molecular weight excluding hydrogens is 253 g/mol. The van der Waals surface area contributed by atoms with Crippen LogP contribution in [0.3, 0.4) is 0 Å². The molecule has 8 heteroatoms. The van der Waals surface area contributed by atoms with E-state index in [1.165, 1.54) is 6.07 Å². The van der Waals surface area contributed by atoms with Crippen molar-refractivity contribution in [3.05, 3.63) is 11.9 Å². The van der Waals surface area contributed by atoms with Crippen molar-refractivity contribution in [3.8, 4) is 0 Å². The second-order valence-electron chi connectivity index (χ2n) is 3.57. The van der Waals surface area contributed by atoms with Crippen molar-refractivity contribution >= 4 is 23.4 Å². The van der Waals surface area contributed by atoms with Crippen molar-refractivity contribution in [2.24, 2.45) is 0 Å². The van der Waals surface area contributed by atoms with Crippen LogP contribution in [0, 0.1) is 0 Å². The maximum Gasteiger partial charge on any atom is 0.451 e. The number of halogens is 3. The average molecular weight is 264 g/mol. The van der Waals surface area contributed by atoms with E-state index in [9.17, 15) is 13.2 Å². The molecule has 0 aromatic carbocycles. The second kappa shape index (κ2) is 4.59. The molecule has 1 aromatic rings. The van der Waals surface area contributed by atoms with Gasteiger partial charge in [0, 0.05) is 30.7 Å². The molecule has 0 unspecified atom stereocenters. The number of alkyl halides is 3. The molecule has 17 heavy (non-hydrogen) atoms. The molecule has 1 fully saturated rings. The number of rotatable bonds is 1. The minimum Gasteiger partial charge on any atom is -0.384 e. The molecule has 0 atom stereocenters. The number of anilines is 2. The molecule has 0 saturated carbocycles. The van der Waals surface area contributed by atoms with Gasteiger partial charge in [0.05, 0.1) is 0 Å². The summed E-state index contributed by atoms with van der Waals surface area (Å²) >= 11 is 1.77. The molecule has 94 valence electrons. The maximum atomic E-state index is 12.5. The summed E-state index contributed by atoms with van der Waals surface area (Å²) in [4.78, 5) is 8.53. The Morgan fingerprint density at radius 1 is 1.24 bits per heavy atom. The topological polar surface area (TPSA) is 55.0 Å². The highest BCUT2D eigenvalue weighted by atomic mass is 32.2. The van der Waals surface area contributed by atoms with Crippen LogP contribution in [-0.2, 0) is 6.18 Å². The molecule has 0 radical (unpaired) electrons. The van der Waals surface area contributed by atoms with Gasteiger partial charge in [0.25, 0.3) is 0 Å². The fraction of sp³-hybridized carbons (Fsp3) is 0.556. The van der Waals surface area contributed by atoms with E-state index in [4.69, 9.17) is 5.73 Å². The first-order valence-electron chi connectivity index (χ1n) is 5.01. The van der Waals surface area contributed by atoms with Crippen LogP contribution in [0.25, 0.3) is 0 Å². The molecule has 0 amide bonds. The number of hydrogen-bond acceptors (Lipinski definition) is 5. The second-order valence-corrected chi connectivity index (χ2v) is 4.80. The minimum atomic E-state index is -4.56. The number of thioether (sulfide) groups is 1. The Kier molecular flexibility index (Phi) is 3.32. The van der Waals surface area contributed by atoms with Gasteiger partial charge in [-0.15, -0.1) is 0 Å². The lowest BCUT2D eigenvalue weighted by Gasteiger charge is -2.27. The smallest absolute Gasteiger partial charge is 0.384 e. The number of nitrogens with two attached hydrogens (primary N) is 1. The van der Waals surface area contributed by atoms with Crippen molar-refractivity contribution in [3.63, 3.8) is 0 Å². The third-order valence-electron chi connectivity index (χ3n) is 2.32. The van der Waals surface area contributed by atoms with E-state index in [1.807, 2.05) is 0 Å². The molecule has 2 rings (SSSR count). The molecule has 0 aliphatic carbocycles. The Balaban J connectivity index is 2.31. The molecule has 2 N–H and O–H groups in total. The summed E-state index contributed by atoms with van der Waals surface area (Å²) in [6, 6.07) is 1.38. The summed E-state index contributed by atoms with van der Waals surface area (Å²) in [7, 11) is 0. The van der Waals surface area contributed by atoms with Gasteiger partial charge in [0.1, 0.15) is 11.6 Å². The van der Waals surface area contributed by atoms with E-state index in [2.05, 4.69) is 9.97 Å². The van der Waals surface area contributed by atoms with Crippen LogP contribution in [0.15, 0.2) is 6.07 Å². The zero-order valence-corrected chi connectivity index (χ0v) is 9.68. The maximum absolute atomic E-state index is 12.5. The van der Waals surface area contributed by atoms with Gasteiger partial charge in [-0.2, -0.15) is 24.9 Å². The first-order chi connectivity index (χ1) is 7.97. The van der Waals surface area contributed by atoms with Gasteiger partial charge in [-0.3, -0.25) is 0 Å². The van der Waals surface area contributed by atoms with Crippen molar-refractivity contribution in [1.29, 1.82) is 0 Å². The van der Waals surface area contributed by atoms with Gasteiger partial charge in [-0.1, -0.05) is 0 Å². The lowest BCUT2D eigenvalue weighted by atomic mass is 10.4. The zero-order chi connectivity index (χ0) is 12.5. The van der Waals surface area contributed by atoms with Crippen molar-refractivity contribution < 1.29 is 13.2 Å². The highest BCUT2D eigenvalue weighted by Gasteiger charge is 2.35. The SMILES string of the molecule is Nc1cc(N2CCSCC2)nc(C(F)(F)F)n1. The molecule has 1 aliphatic heterocycles. The molecule has 0 spiro atoms. The minimum absolute atomic E-state index is 0.152. The van der Waals surface area contributed by atoms with Gasteiger partial charge < -0.3 is 10.6 Å². The van der Waals surface area contributed by atoms with Crippen LogP contribution in [0.1, 0.15) is 5.82 Å².